The summed E-state index contributed by atoms with van der Waals surface area (Å²) < 4.78 is 0. The minimum atomic E-state index is 0.420. The second-order valence-corrected chi connectivity index (χ2v) is 6.48. The lowest BCUT2D eigenvalue weighted by molar-refractivity contribution is 0.197. The third-order valence-corrected chi connectivity index (χ3v) is 4.67. The number of hydrogen-bond acceptors (Lipinski definition) is 1. The average Bonchev–Trinajstić information content (AvgIpc) is 2.32. The van der Waals surface area contributed by atoms with E-state index in [1.54, 1.807) is 0 Å². The topological polar surface area (TPSA) is 20.2 Å². The highest BCUT2D eigenvalue weighted by atomic mass is 16.3. The summed E-state index contributed by atoms with van der Waals surface area (Å²) in [6.07, 6.45) is 4.02. The van der Waals surface area contributed by atoms with Crippen molar-refractivity contribution in [3.05, 3.63) is 29.3 Å². The van der Waals surface area contributed by atoms with E-state index in [0.29, 0.717) is 11.7 Å². The van der Waals surface area contributed by atoms with Crippen molar-refractivity contribution >= 4 is 0 Å². The molecular formula is C17H26O. The Morgan fingerprint density at radius 1 is 1.22 bits per heavy atom. The van der Waals surface area contributed by atoms with E-state index < -0.39 is 0 Å². The van der Waals surface area contributed by atoms with Gasteiger partial charge in [-0.15, -0.1) is 0 Å². The molecular weight excluding hydrogens is 220 g/mol. The van der Waals surface area contributed by atoms with Gasteiger partial charge in [-0.2, -0.15) is 0 Å². The average molecular weight is 246 g/mol. The lowest BCUT2D eigenvalue weighted by Crippen LogP contribution is -2.26. The van der Waals surface area contributed by atoms with Crippen LogP contribution in [0.25, 0.3) is 0 Å². The van der Waals surface area contributed by atoms with Crippen molar-refractivity contribution in [3.63, 3.8) is 0 Å². The van der Waals surface area contributed by atoms with Crippen molar-refractivity contribution in [2.75, 3.05) is 0 Å². The minimum absolute atomic E-state index is 0.420. The van der Waals surface area contributed by atoms with Gasteiger partial charge in [0.2, 0.25) is 0 Å². The van der Waals surface area contributed by atoms with Crippen molar-refractivity contribution in [1.82, 2.24) is 0 Å². The first-order valence-electron chi connectivity index (χ1n) is 7.28. The van der Waals surface area contributed by atoms with Crippen LogP contribution < -0.4 is 0 Å². The van der Waals surface area contributed by atoms with E-state index in [1.165, 1.54) is 24.8 Å². The van der Waals surface area contributed by atoms with Gasteiger partial charge in [-0.25, -0.2) is 0 Å². The number of phenolic OH excluding ortho intramolecular Hbond substituents is 1. The van der Waals surface area contributed by atoms with Crippen LogP contribution in [0.15, 0.2) is 18.2 Å². The molecule has 0 amide bonds. The predicted molar refractivity (Wildman–Crippen MR) is 76.9 cm³/mol. The molecule has 0 heterocycles. The Labute approximate surface area is 111 Å². The first-order chi connectivity index (χ1) is 8.49. The lowest BCUT2D eigenvalue weighted by Gasteiger charge is -2.38. The zero-order chi connectivity index (χ0) is 13.3. The summed E-state index contributed by atoms with van der Waals surface area (Å²) in [6, 6.07) is 6.18. The summed E-state index contributed by atoms with van der Waals surface area (Å²) in [6.45, 7) is 9.06. The van der Waals surface area contributed by atoms with Crippen LogP contribution in [0.3, 0.4) is 0 Å². The summed E-state index contributed by atoms with van der Waals surface area (Å²) in [5.41, 5.74) is 2.43. The number of aromatic hydroxyl groups is 1. The van der Waals surface area contributed by atoms with E-state index in [0.717, 1.165) is 23.3 Å². The van der Waals surface area contributed by atoms with E-state index in [9.17, 15) is 5.11 Å². The molecule has 0 aliphatic heterocycles. The molecule has 1 N–H and O–H groups in total. The highest BCUT2D eigenvalue weighted by Gasteiger charge is 2.31. The zero-order valence-corrected chi connectivity index (χ0v) is 12.1. The third kappa shape index (κ3) is 2.71. The molecule has 1 aliphatic carbocycles. The molecule has 1 nitrogen and oxygen atoms in total. The number of aryl methyl sites for hydroxylation is 1. The van der Waals surface area contributed by atoms with Gasteiger partial charge < -0.3 is 5.11 Å². The van der Waals surface area contributed by atoms with Gasteiger partial charge >= 0.3 is 0 Å². The smallest absolute Gasteiger partial charge is 0.118 e. The van der Waals surface area contributed by atoms with Crippen molar-refractivity contribution in [1.29, 1.82) is 0 Å². The summed E-state index contributed by atoms with van der Waals surface area (Å²) in [4.78, 5) is 0. The fraction of sp³-hybridized carbons (Fsp3) is 0.647. The highest BCUT2D eigenvalue weighted by molar-refractivity contribution is 5.37. The van der Waals surface area contributed by atoms with Crippen LogP contribution in [0.4, 0.5) is 0 Å². The summed E-state index contributed by atoms with van der Waals surface area (Å²) in [5.74, 6) is 3.47. The zero-order valence-electron chi connectivity index (χ0n) is 12.1. The Hall–Kier alpha value is -0.980. The maximum absolute atomic E-state index is 9.67. The minimum Gasteiger partial charge on any atom is -0.508 e. The Balaban J connectivity index is 2.29. The fourth-order valence-corrected chi connectivity index (χ4v) is 3.49. The summed E-state index contributed by atoms with van der Waals surface area (Å²) >= 11 is 0. The van der Waals surface area contributed by atoms with Crippen molar-refractivity contribution in [2.45, 2.75) is 52.9 Å². The molecule has 1 fully saturated rings. The van der Waals surface area contributed by atoms with Crippen LogP contribution in [-0.4, -0.2) is 5.11 Å². The van der Waals surface area contributed by atoms with Crippen molar-refractivity contribution < 1.29 is 5.11 Å². The van der Waals surface area contributed by atoms with Gasteiger partial charge in [0.1, 0.15) is 5.75 Å². The van der Waals surface area contributed by atoms with Gasteiger partial charge in [-0.1, -0.05) is 39.3 Å². The largest absolute Gasteiger partial charge is 0.508 e. The van der Waals surface area contributed by atoms with E-state index in [1.807, 2.05) is 13.0 Å². The normalized spacial score (nSPS) is 28.6. The molecule has 1 aromatic carbocycles. The van der Waals surface area contributed by atoms with E-state index in [4.69, 9.17) is 0 Å². The van der Waals surface area contributed by atoms with Crippen molar-refractivity contribution in [2.24, 2.45) is 17.8 Å². The third-order valence-electron chi connectivity index (χ3n) is 4.67. The van der Waals surface area contributed by atoms with Crippen LogP contribution in [-0.2, 0) is 0 Å². The summed E-state index contributed by atoms with van der Waals surface area (Å²) in [5, 5.41) is 9.67. The number of benzene rings is 1. The predicted octanol–water partition coefficient (Wildman–Crippen LogP) is 4.88. The van der Waals surface area contributed by atoms with Crippen LogP contribution in [0.1, 0.15) is 57.1 Å². The molecule has 0 radical (unpaired) electrons. The van der Waals surface area contributed by atoms with Gasteiger partial charge in [0.15, 0.2) is 0 Å². The molecule has 0 spiro atoms. The number of hydrogen-bond donors (Lipinski definition) is 1. The Morgan fingerprint density at radius 3 is 2.56 bits per heavy atom. The monoisotopic (exact) mass is 246 g/mol. The molecule has 18 heavy (non-hydrogen) atoms. The van der Waals surface area contributed by atoms with Gasteiger partial charge in [-0.05, 0) is 60.6 Å². The highest BCUT2D eigenvalue weighted by Crippen LogP contribution is 2.44. The van der Waals surface area contributed by atoms with Gasteiger partial charge in [0.25, 0.3) is 0 Å². The van der Waals surface area contributed by atoms with Crippen molar-refractivity contribution in [3.8, 4) is 5.75 Å². The molecule has 3 atom stereocenters. The molecule has 100 valence electrons. The molecule has 0 aromatic heterocycles. The number of phenols is 1. The standard InChI is InChI=1S/C17H26O/c1-11(2)15-7-5-12(3)9-16(15)14-6-8-17(18)13(4)10-14/h6,8,10-12,15-16,18H,5,7,9H2,1-4H3. The Morgan fingerprint density at radius 2 is 1.94 bits per heavy atom. The molecule has 1 aliphatic rings. The van der Waals surface area contributed by atoms with Crippen LogP contribution in [0, 0.1) is 24.7 Å². The molecule has 2 rings (SSSR count). The molecule has 1 saturated carbocycles. The lowest BCUT2D eigenvalue weighted by atomic mass is 9.67. The SMILES string of the molecule is Cc1cc(C2CC(C)CCC2C(C)C)ccc1O. The van der Waals surface area contributed by atoms with E-state index in [-0.39, 0.29) is 0 Å². The second kappa shape index (κ2) is 5.34. The molecule has 3 unspecified atom stereocenters. The van der Waals surface area contributed by atoms with Gasteiger partial charge in [0.05, 0.1) is 0 Å². The number of rotatable bonds is 2. The van der Waals surface area contributed by atoms with Crippen LogP contribution in [0.5, 0.6) is 5.75 Å². The molecule has 1 aromatic rings. The maximum Gasteiger partial charge on any atom is 0.118 e. The first-order valence-corrected chi connectivity index (χ1v) is 7.28. The molecule has 0 saturated heterocycles. The summed E-state index contributed by atoms with van der Waals surface area (Å²) in [7, 11) is 0. The Kier molecular flexibility index (Phi) is 3.99. The van der Waals surface area contributed by atoms with Gasteiger partial charge in [0, 0.05) is 0 Å². The van der Waals surface area contributed by atoms with Gasteiger partial charge in [-0.3, -0.25) is 0 Å². The fourth-order valence-electron chi connectivity index (χ4n) is 3.49. The second-order valence-electron chi connectivity index (χ2n) is 6.48. The maximum atomic E-state index is 9.67. The van der Waals surface area contributed by atoms with Crippen LogP contribution >= 0.6 is 0 Å². The first kappa shape index (κ1) is 13.5. The van der Waals surface area contributed by atoms with E-state index in [2.05, 4.69) is 32.9 Å². The molecule has 1 heteroatoms. The molecule has 0 bridgehead atoms. The quantitative estimate of drug-likeness (QED) is 0.788. The van der Waals surface area contributed by atoms with Crippen LogP contribution in [0.2, 0.25) is 0 Å². The van der Waals surface area contributed by atoms with E-state index >= 15 is 0 Å². The Bertz CT molecular complexity index is 408.